The number of anilines is 1. The zero-order valence-corrected chi connectivity index (χ0v) is 8.76. The van der Waals surface area contributed by atoms with Crippen molar-refractivity contribution in [1.29, 1.82) is 0 Å². The highest BCUT2D eigenvalue weighted by molar-refractivity contribution is 7.17. The quantitative estimate of drug-likeness (QED) is 0.831. The zero-order chi connectivity index (χ0) is 9.80. The number of ether oxygens (including phenoxy) is 2. The molecule has 1 fully saturated rings. The highest BCUT2D eigenvalue weighted by Gasteiger charge is 2.14. The van der Waals surface area contributed by atoms with Gasteiger partial charge in [-0.25, -0.2) is 4.98 Å². The van der Waals surface area contributed by atoms with Gasteiger partial charge in [0.15, 0.2) is 0 Å². The largest absolute Gasteiger partial charge is 0.467 e. The first-order valence-electron chi connectivity index (χ1n) is 4.80. The van der Waals surface area contributed by atoms with Crippen molar-refractivity contribution in [2.75, 3.05) is 18.9 Å². The van der Waals surface area contributed by atoms with Crippen LogP contribution in [0.2, 0.25) is 0 Å². The Hall–Kier alpha value is -0.810. The fraction of sp³-hybridized carbons (Fsp3) is 0.667. The lowest BCUT2D eigenvalue weighted by atomic mass is 10.1. The molecule has 0 radical (unpaired) electrons. The summed E-state index contributed by atoms with van der Waals surface area (Å²) in [6, 6.07) is 0. The third-order valence-electron chi connectivity index (χ3n) is 2.17. The molecule has 4 nitrogen and oxygen atoms in total. The molecule has 0 saturated carbocycles. The Kier molecular flexibility index (Phi) is 3.21. The average Bonchev–Trinajstić information content (AvgIpc) is 2.63. The number of hydrogen-bond acceptors (Lipinski definition) is 5. The second kappa shape index (κ2) is 4.61. The van der Waals surface area contributed by atoms with E-state index in [1.807, 2.05) is 0 Å². The molecule has 1 saturated heterocycles. The normalized spacial score (nSPS) is 22.1. The fourth-order valence-corrected chi connectivity index (χ4v) is 1.98. The Bertz CT molecular complexity index is 284. The SMILES string of the molecule is Nc1cnc(OCC2CCCCO2)s1. The highest BCUT2D eigenvalue weighted by Crippen LogP contribution is 2.23. The lowest BCUT2D eigenvalue weighted by Crippen LogP contribution is -2.25. The maximum atomic E-state index is 5.53. The monoisotopic (exact) mass is 214 g/mol. The lowest BCUT2D eigenvalue weighted by Gasteiger charge is -2.21. The molecular weight excluding hydrogens is 200 g/mol. The number of thiazole rings is 1. The Morgan fingerprint density at radius 3 is 3.21 bits per heavy atom. The lowest BCUT2D eigenvalue weighted by molar-refractivity contribution is -0.0111. The van der Waals surface area contributed by atoms with Crippen LogP contribution in [0.5, 0.6) is 5.19 Å². The summed E-state index contributed by atoms with van der Waals surface area (Å²) in [5.74, 6) is 0. The molecule has 1 aliphatic heterocycles. The molecular formula is C9H14N2O2S. The molecule has 1 aromatic heterocycles. The van der Waals surface area contributed by atoms with Crippen LogP contribution in [-0.2, 0) is 4.74 Å². The minimum absolute atomic E-state index is 0.230. The average molecular weight is 214 g/mol. The van der Waals surface area contributed by atoms with Crippen LogP contribution >= 0.6 is 11.3 Å². The number of nitrogens with two attached hydrogens (primary N) is 1. The Morgan fingerprint density at radius 2 is 2.57 bits per heavy atom. The van der Waals surface area contributed by atoms with Gasteiger partial charge in [0, 0.05) is 6.61 Å². The second-order valence-corrected chi connectivity index (χ2v) is 4.35. The van der Waals surface area contributed by atoms with Crippen molar-refractivity contribution >= 4 is 16.3 Å². The molecule has 0 aliphatic carbocycles. The van der Waals surface area contributed by atoms with Crippen molar-refractivity contribution in [3.05, 3.63) is 6.20 Å². The van der Waals surface area contributed by atoms with Gasteiger partial charge in [0.05, 0.1) is 12.3 Å². The highest BCUT2D eigenvalue weighted by atomic mass is 32.1. The van der Waals surface area contributed by atoms with Crippen molar-refractivity contribution in [2.45, 2.75) is 25.4 Å². The first-order chi connectivity index (χ1) is 6.84. The molecule has 0 aromatic carbocycles. The molecule has 14 heavy (non-hydrogen) atoms. The summed E-state index contributed by atoms with van der Waals surface area (Å²) in [6.45, 7) is 1.45. The van der Waals surface area contributed by atoms with Crippen LogP contribution in [0.3, 0.4) is 0 Å². The number of nitrogen functional groups attached to an aromatic ring is 1. The summed E-state index contributed by atoms with van der Waals surface area (Å²) in [5, 5.41) is 1.32. The fourth-order valence-electron chi connectivity index (χ4n) is 1.44. The summed E-state index contributed by atoms with van der Waals surface area (Å²) in [5.41, 5.74) is 5.53. The van der Waals surface area contributed by atoms with Crippen molar-refractivity contribution in [1.82, 2.24) is 4.98 Å². The van der Waals surface area contributed by atoms with Crippen LogP contribution in [0.1, 0.15) is 19.3 Å². The van der Waals surface area contributed by atoms with Gasteiger partial charge in [-0.3, -0.25) is 0 Å². The summed E-state index contributed by atoms with van der Waals surface area (Å²) >= 11 is 1.37. The van der Waals surface area contributed by atoms with E-state index in [1.54, 1.807) is 6.20 Å². The van der Waals surface area contributed by atoms with Gasteiger partial charge in [-0.1, -0.05) is 11.3 Å². The Morgan fingerprint density at radius 1 is 1.64 bits per heavy atom. The van der Waals surface area contributed by atoms with E-state index in [2.05, 4.69) is 4.98 Å². The number of nitrogens with zero attached hydrogens (tertiary/aromatic N) is 1. The van der Waals surface area contributed by atoms with E-state index in [9.17, 15) is 0 Å². The summed E-state index contributed by atoms with van der Waals surface area (Å²) < 4.78 is 11.0. The predicted octanol–water partition coefficient (Wildman–Crippen LogP) is 1.67. The van der Waals surface area contributed by atoms with E-state index in [0.717, 1.165) is 13.0 Å². The maximum Gasteiger partial charge on any atom is 0.275 e. The molecule has 0 bridgehead atoms. The van der Waals surface area contributed by atoms with Gasteiger partial charge in [0.1, 0.15) is 11.6 Å². The standard InChI is InChI=1S/C9H14N2O2S/c10-8-5-11-9(14-8)13-6-7-3-1-2-4-12-7/h5,7H,1-4,6,10H2. The summed E-state index contributed by atoms with van der Waals surface area (Å²) in [6.07, 6.45) is 5.33. The van der Waals surface area contributed by atoms with Crippen LogP contribution < -0.4 is 10.5 Å². The van der Waals surface area contributed by atoms with Gasteiger partial charge >= 0.3 is 0 Å². The molecule has 2 rings (SSSR count). The van der Waals surface area contributed by atoms with Gasteiger partial charge in [0.2, 0.25) is 0 Å². The van der Waals surface area contributed by atoms with E-state index in [0.29, 0.717) is 16.8 Å². The van der Waals surface area contributed by atoms with E-state index < -0.39 is 0 Å². The smallest absolute Gasteiger partial charge is 0.275 e. The number of aromatic nitrogens is 1. The summed E-state index contributed by atoms with van der Waals surface area (Å²) in [7, 11) is 0. The maximum absolute atomic E-state index is 5.53. The van der Waals surface area contributed by atoms with Crippen LogP contribution in [0, 0.1) is 0 Å². The number of rotatable bonds is 3. The predicted molar refractivity (Wildman–Crippen MR) is 55.6 cm³/mol. The first kappa shape index (κ1) is 9.73. The van der Waals surface area contributed by atoms with E-state index in [1.165, 1.54) is 24.2 Å². The third-order valence-corrected chi connectivity index (χ3v) is 2.91. The number of hydrogen-bond donors (Lipinski definition) is 1. The molecule has 5 heteroatoms. The van der Waals surface area contributed by atoms with E-state index >= 15 is 0 Å². The van der Waals surface area contributed by atoms with Crippen LogP contribution in [0.25, 0.3) is 0 Å². The Balaban J connectivity index is 1.76. The van der Waals surface area contributed by atoms with Gasteiger partial charge < -0.3 is 15.2 Å². The van der Waals surface area contributed by atoms with Gasteiger partial charge in [-0.2, -0.15) is 0 Å². The van der Waals surface area contributed by atoms with Crippen molar-refractivity contribution in [2.24, 2.45) is 0 Å². The third kappa shape index (κ3) is 2.59. The van der Waals surface area contributed by atoms with Crippen molar-refractivity contribution in [3.8, 4) is 5.19 Å². The van der Waals surface area contributed by atoms with Crippen LogP contribution in [-0.4, -0.2) is 24.3 Å². The van der Waals surface area contributed by atoms with E-state index in [4.69, 9.17) is 15.2 Å². The van der Waals surface area contributed by atoms with Crippen molar-refractivity contribution < 1.29 is 9.47 Å². The molecule has 2 N–H and O–H groups in total. The van der Waals surface area contributed by atoms with Crippen LogP contribution in [0.15, 0.2) is 6.20 Å². The topological polar surface area (TPSA) is 57.4 Å². The van der Waals surface area contributed by atoms with Gasteiger partial charge in [-0.15, -0.1) is 0 Å². The van der Waals surface area contributed by atoms with Gasteiger partial charge in [-0.05, 0) is 19.3 Å². The minimum Gasteiger partial charge on any atom is -0.467 e. The molecule has 0 amide bonds. The molecule has 1 atom stereocenters. The molecule has 1 unspecified atom stereocenters. The molecule has 1 aliphatic rings. The van der Waals surface area contributed by atoms with Crippen molar-refractivity contribution in [3.63, 3.8) is 0 Å². The van der Waals surface area contributed by atoms with E-state index in [-0.39, 0.29) is 6.10 Å². The van der Waals surface area contributed by atoms with Crippen LogP contribution in [0.4, 0.5) is 5.00 Å². The van der Waals surface area contributed by atoms with Gasteiger partial charge in [0.25, 0.3) is 5.19 Å². The molecule has 78 valence electrons. The molecule has 2 heterocycles. The second-order valence-electron chi connectivity index (χ2n) is 3.33. The summed E-state index contributed by atoms with van der Waals surface area (Å²) in [4.78, 5) is 4.02. The Labute approximate surface area is 87.0 Å². The molecule has 1 aromatic rings. The molecule has 0 spiro atoms. The first-order valence-corrected chi connectivity index (χ1v) is 5.62. The minimum atomic E-state index is 0.230. The zero-order valence-electron chi connectivity index (χ0n) is 7.94.